The summed E-state index contributed by atoms with van der Waals surface area (Å²) in [4.78, 5) is 32.5. The molecule has 1 aromatic rings. The van der Waals surface area contributed by atoms with Crippen molar-refractivity contribution in [1.29, 1.82) is 0 Å². The van der Waals surface area contributed by atoms with E-state index >= 15 is 0 Å². The predicted octanol–water partition coefficient (Wildman–Crippen LogP) is 3.64. The molecule has 1 atom stereocenters. The van der Waals surface area contributed by atoms with E-state index in [1.54, 1.807) is 0 Å². The monoisotopic (exact) mass is 304 g/mol. The Morgan fingerprint density at radius 1 is 0.857 bits per heavy atom. The number of aliphatic hydroxyl groups is 1. The molecule has 1 rings (SSSR count). The highest BCUT2D eigenvalue weighted by atomic mass is 16.7. The zero-order valence-electron chi connectivity index (χ0n) is 11.6. The van der Waals surface area contributed by atoms with Gasteiger partial charge in [0.25, 0.3) is 0 Å². The van der Waals surface area contributed by atoms with Crippen molar-refractivity contribution >= 4 is 5.78 Å². The van der Waals surface area contributed by atoms with E-state index < -0.39 is 6.10 Å². The van der Waals surface area contributed by atoms with Gasteiger partial charge in [0.2, 0.25) is 0 Å². The highest BCUT2D eigenvalue weighted by molar-refractivity contribution is 5.79. The summed E-state index contributed by atoms with van der Waals surface area (Å²) in [6, 6.07) is 0. The average Bonchev–Trinajstić information content (AvgIpc) is 2.30. The molecule has 0 spiro atoms. The van der Waals surface area contributed by atoms with E-state index in [0.29, 0.717) is 0 Å². The van der Waals surface area contributed by atoms with Crippen LogP contribution >= 0.6 is 0 Å². The lowest BCUT2D eigenvalue weighted by atomic mass is 10.3. The highest BCUT2D eigenvalue weighted by Gasteiger charge is 1.98. The lowest BCUT2D eigenvalue weighted by Gasteiger charge is -2.01. The number of hydrogen-bond donors (Lipinski definition) is 1. The molecule has 0 aliphatic rings. The van der Waals surface area contributed by atoms with Crippen LogP contribution in [0.3, 0.4) is 0 Å². The minimum absolute atomic E-state index is 0. The van der Waals surface area contributed by atoms with E-state index in [1.165, 1.54) is 13.8 Å². The van der Waals surface area contributed by atoms with Crippen molar-refractivity contribution in [2.75, 3.05) is 0 Å². The first kappa shape index (κ1) is 31.6. The average molecular weight is 304 g/mol. The van der Waals surface area contributed by atoms with Crippen LogP contribution in [0, 0.1) is 37.6 Å². The Balaban J connectivity index is -0.0000000691. The second-order valence-corrected chi connectivity index (χ2v) is 3.85. The zero-order chi connectivity index (χ0) is 14.9. The molecule has 0 aliphatic carbocycles. The van der Waals surface area contributed by atoms with Gasteiger partial charge in [-0.1, -0.05) is 22.3 Å². The van der Waals surface area contributed by atoms with Gasteiger partial charge < -0.3 is 5.11 Å². The molecule has 0 saturated heterocycles. The quantitative estimate of drug-likeness (QED) is 0.850. The summed E-state index contributed by atoms with van der Waals surface area (Å²) in [5, 5.41) is 8.28. The van der Waals surface area contributed by atoms with Crippen LogP contribution in [0.1, 0.15) is 58.9 Å². The Labute approximate surface area is 129 Å². The molecule has 0 amide bonds. The molecule has 0 aliphatic heterocycles. The van der Waals surface area contributed by atoms with E-state index in [9.17, 15) is 4.79 Å². The van der Waals surface area contributed by atoms with Gasteiger partial charge >= 0.3 is 0 Å². The topological polar surface area (TPSA) is 97.2 Å². The number of aryl methyl sites for hydroxylation is 4. The molecular formula is C15H32N2O4. The molecule has 1 aromatic heterocycles. The first-order chi connectivity index (χ1) is 8.25. The predicted molar refractivity (Wildman–Crippen MR) is 90.3 cm³/mol. The molecule has 0 saturated carbocycles. The number of aromatic nitrogens is 2. The number of ketones is 1. The van der Waals surface area contributed by atoms with Crippen LogP contribution in [0.15, 0.2) is 0 Å². The van der Waals surface area contributed by atoms with Gasteiger partial charge in [-0.15, -0.1) is 0 Å². The molecule has 6 heteroatoms. The Kier molecular flexibility index (Phi) is 24.6. The van der Waals surface area contributed by atoms with E-state index in [2.05, 4.69) is 9.97 Å². The summed E-state index contributed by atoms with van der Waals surface area (Å²) in [7, 11) is 0. The van der Waals surface area contributed by atoms with Crippen molar-refractivity contribution in [3.05, 3.63) is 32.7 Å². The molecule has 126 valence electrons. The van der Waals surface area contributed by atoms with E-state index in [4.69, 9.17) is 15.0 Å². The Bertz CT molecular complexity index is 343. The largest absolute Gasteiger partial charge is 0.386 e. The van der Waals surface area contributed by atoms with Crippen LogP contribution in [0.25, 0.3) is 0 Å². The lowest BCUT2D eigenvalue weighted by Crippen LogP contribution is -2.10. The minimum Gasteiger partial charge on any atom is -0.386 e. The van der Waals surface area contributed by atoms with Gasteiger partial charge in [-0.2, -0.15) is 0 Å². The van der Waals surface area contributed by atoms with Crippen molar-refractivity contribution in [3.63, 3.8) is 0 Å². The van der Waals surface area contributed by atoms with Crippen molar-refractivity contribution in [2.45, 2.75) is 69.9 Å². The fourth-order valence-electron chi connectivity index (χ4n) is 0.827. The molecule has 0 fully saturated rings. The molecule has 0 bridgehead atoms. The Morgan fingerprint density at radius 3 is 1.10 bits per heavy atom. The zero-order valence-corrected chi connectivity index (χ0v) is 11.6. The van der Waals surface area contributed by atoms with Gasteiger partial charge in [0, 0.05) is 9.93 Å². The molecular weight excluding hydrogens is 272 g/mol. The molecule has 1 heterocycles. The number of hydrogen-bond acceptors (Lipinski definition) is 6. The fraction of sp³-hybridized carbons (Fsp3) is 0.667. The molecule has 1 N–H and O–H groups in total. The number of rotatable bonds is 1. The number of carbonyl (C=O) groups is 1. The van der Waals surface area contributed by atoms with Crippen LogP contribution in [-0.2, 0) is 4.79 Å². The third kappa shape index (κ3) is 14.5. The first-order valence-electron chi connectivity index (χ1n) is 5.39. The van der Waals surface area contributed by atoms with Crippen molar-refractivity contribution < 1.29 is 9.90 Å². The minimum atomic E-state index is -0.787. The normalized spacial score (nSPS) is 8.90. The maximum atomic E-state index is 9.89. The molecule has 21 heavy (non-hydrogen) atoms. The van der Waals surface area contributed by atoms with Gasteiger partial charge in [0.15, 0.2) is 5.78 Å². The maximum Gasteiger partial charge on any atom is 0.157 e. The van der Waals surface area contributed by atoms with E-state index in [-0.39, 0.29) is 28.1 Å². The summed E-state index contributed by atoms with van der Waals surface area (Å²) in [6.07, 6.45) is -0.787. The second-order valence-electron chi connectivity index (χ2n) is 3.85. The third-order valence-corrected chi connectivity index (χ3v) is 2.31. The van der Waals surface area contributed by atoms with Crippen LogP contribution < -0.4 is 0 Å². The van der Waals surface area contributed by atoms with Crippen LogP contribution in [0.2, 0.25) is 0 Å². The van der Waals surface area contributed by atoms with Gasteiger partial charge in [-0.05, 0) is 41.5 Å². The summed E-state index contributed by atoms with van der Waals surface area (Å²) >= 11 is 0. The number of nitrogens with zero attached hydrogens (tertiary/aromatic N) is 2. The first-order valence-corrected chi connectivity index (χ1v) is 5.39. The van der Waals surface area contributed by atoms with Gasteiger partial charge in [0.05, 0.1) is 22.8 Å². The number of aliphatic hydroxyl groups excluding tert-OH is 1. The molecule has 0 radical (unpaired) electrons. The van der Waals surface area contributed by atoms with Crippen LogP contribution in [0.4, 0.5) is 0 Å². The lowest BCUT2D eigenvalue weighted by molar-refractivity contribution is -0.124. The summed E-state index contributed by atoms with van der Waals surface area (Å²) in [5.41, 5.74) is 4.12. The smallest absolute Gasteiger partial charge is 0.157 e. The maximum absolute atomic E-state index is 9.89. The van der Waals surface area contributed by atoms with Crippen molar-refractivity contribution in [3.8, 4) is 0 Å². The summed E-state index contributed by atoms with van der Waals surface area (Å²) < 4.78 is 0. The molecule has 6 nitrogen and oxygen atoms in total. The summed E-state index contributed by atoms with van der Waals surface area (Å²) in [5.74, 6) is -0.185. The van der Waals surface area contributed by atoms with Gasteiger partial charge in [-0.3, -0.25) is 14.8 Å². The van der Waals surface area contributed by atoms with Gasteiger partial charge in [-0.25, -0.2) is 0 Å². The second kappa shape index (κ2) is 16.4. The Hall–Kier alpha value is -1.69. The van der Waals surface area contributed by atoms with Gasteiger partial charge in [0.1, 0.15) is 6.10 Å². The number of Topliss-reactive ketones (excluding diaryl/α,β-unsaturated/α-hetero) is 1. The highest BCUT2D eigenvalue weighted by Crippen LogP contribution is 2.04. The standard InChI is InChI=1S/C8H12N2.C4H8O2.3CH4.O2/c1-5-6(2)10-8(4)7(3)9-5;1-3(5)4(2)6;;;;1-2/h1-4H3;3,5H,1-2H3;3*1H4;. The van der Waals surface area contributed by atoms with Crippen LogP contribution in [-0.4, -0.2) is 27.0 Å². The molecule has 1 unspecified atom stereocenters. The fourth-order valence-corrected chi connectivity index (χ4v) is 0.827. The van der Waals surface area contributed by atoms with Crippen LogP contribution in [0.5, 0.6) is 0 Å². The summed E-state index contributed by atoms with van der Waals surface area (Å²) in [6.45, 7) is 10.7. The van der Waals surface area contributed by atoms with E-state index in [0.717, 1.165) is 22.8 Å². The number of carbonyl (C=O) groups excluding carboxylic acids is 1. The Morgan fingerprint density at radius 2 is 1.00 bits per heavy atom. The van der Waals surface area contributed by atoms with Crippen molar-refractivity contribution in [2.24, 2.45) is 0 Å². The van der Waals surface area contributed by atoms with E-state index in [1.807, 2.05) is 27.7 Å². The van der Waals surface area contributed by atoms with Crippen molar-refractivity contribution in [1.82, 2.24) is 9.97 Å². The molecule has 0 aromatic carbocycles. The SMILES string of the molecule is C.C.C.CC(=O)C(C)O.Cc1nc(C)c(C)nc1C.O=O. The third-order valence-electron chi connectivity index (χ3n) is 2.31.